The van der Waals surface area contributed by atoms with E-state index in [-0.39, 0.29) is 5.91 Å². The molecule has 3 aromatic rings. The van der Waals surface area contributed by atoms with Crippen molar-refractivity contribution >= 4 is 34.6 Å². The maximum absolute atomic E-state index is 12.7. The molecule has 2 heterocycles. The quantitative estimate of drug-likeness (QED) is 0.665. The number of piperazine rings is 1. The van der Waals surface area contributed by atoms with E-state index in [4.69, 9.17) is 16.0 Å². The molecule has 4 nitrogen and oxygen atoms in total. The zero-order chi connectivity index (χ0) is 18.6. The fourth-order valence-electron chi connectivity index (χ4n) is 3.31. The summed E-state index contributed by atoms with van der Waals surface area (Å²) in [5.74, 6) is 0.325. The number of hydrogen-bond donors (Lipinski definition) is 0. The lowest BCUT2D eigenvalue weighted by atomic mass is 10.2. The van der Waals surface area contributed by atoms with Gasteiger partial charge in [0.1, 0.15) is 5.58 Å². The molecule has 1 saturated heterocycles. The Bertz CT molecular complexity index is 957. The van der Waals surface area contributed by atoms with Gasteiger partial charge in [-0.25, -0.2) is 0 Å². The Morgan fingerprint density at radius 3 is 2.59 bits per heavy atom. The molecule has 2 aromatic carbocycles. The van der Waals surface area contributed by atoms with Crippen LogP contribution in [0.2, 0.25) is 5.02 Å². The van der Waals surface area contributed by atoms with E-state index in [0.717, 1.165) is 25.0 Å². The number of halogens is 1. The van der Waals surface area contributed by atoms with Crippen LogP contribution in [0.25, 0.3) is 17.0 Å². The van der Waals surface area contributed by atoms with E-state index < -0.39 is 0 Å². The lowest BCUT2D eigenvalue weighted by Crippen LogP contribution is -2.48. The third kappa shape index (κ3) is 4.24. The van der Waals surface area contributed by atoms with Crippen LogP contribution in [0.3, 0.4) is 0 Å². The molecule has 0 N–H and O–H groups in total. The summed E-state index contributed by atoms with van der Waals surface area (Å²) >= 11 is 6.00. The van der Waals surface area contributed by atoms with E-state index >= 15 is 0 Å². The van der Waals surface area contributed by atoms with Crippen molar-refractivity contribution in [2.24, 2.45) is 0 Å². The first-order chi connectivity index (χ1) is 13.2. The number of carbonyl (C=O) groups is 1. The molecule has 0 atom stereocenters. The Morgan fingerprint density at radius 1 is 1.04 bits per heavy atom. The Labute approximate surface area is 163 Å². The second-order valence-electron chi connectivity index (χ2n) is 6.70. The first-order valence-corrected chi connectivity index (χ1v) is 9.49. The van der Waals surface area contributed by atoms with Gasteiger partial charge in [0.2, 0.25) is 0 Å². The average molecular weight is 381 g/mol. The third-order valence-corrected chi connectivity index (χ3v) is 5.06. The van der Waals surface area contributed by atoms with Crippen molar-refractivity contribution < 1.29 is 9.21 Å². The second-order valence-corrected chi connectivity index (χ2v) is 7.14. The summed E-state index contributed by atoms with van der Waals surface area (Å²) in [7, 11) is 0. The number of rotatable bonds is 4. The van der Waals surface area contributed by atoms with Crippen molar-refractivity contribution in [3.8, 4) is 0 Å². The van der Waals surface area contributed by atoms with Crippen molar-refractivity contribution in [2.75, 3.05) is 32.7 Å². The predicted molar refractivity (Wildman–Crippen MR) is 109 cm³/mol. The number of amides is 1. The van der Waals surface area contributed by atoms with Crippen LogP contribution in [0, 0.1) is 0 Å². The number of benzene rings is 2. The molecular formula is C22H21ClN2O2. The maximum Gasteiger partial charge on any atom is 0.289 e. The highest BCUT2D eigenvalue weighted by molar-refractivity contribution is 6.31. The van der Waals surface area contributed by atoms with Crippen LogP contribution in [0.15, 0.2) is 65.1 Å². The lowest BCUT2D eigenvalue weighted by molar-refractivity contribution is 0.0621. The standard InChI is InChI=1S/C22H21ClN2O2/c23-19-8-9-20-18(15-19)16-21(27-20)22(26)25-13-11-24(12-14-25)10-4-7-17-5-2-1-3-6-17/h1-9,15-16H,10-14H2. The molecule has 0 saturated carbocycles. The Kier molecular flexibility index (Phi) is 5.28. The van der Waals surface area contributed by atoms with Gasteiger partial charge in [-0.15, -0.1) is 0 Å². The molecule has 0 spiro atoms. The highest BCUT2D eigenvalue weighted by atomic mass is 35.5. The van der Waals surface area contributed by atoms with Gasteiger partial charge in [-0.05, 0) is 29.8 Å². The number of nitrogens with zero attached hydrogens (tertiary/aromatic N) is 2. The molecule has 138 valence electrons. The highest BCUT2D eigenvalue weighted by Crippen LogP contribution is 2.24. The van der Waals surface area contributed by atoms with Crippen LogP contribution in [0.4, 0.5) is 0 Å². The Hall–Kier alpha value is -2.56. The summed E-state index contributed by atoms with van der Waals surface area (Å²) in [6, 6.07) is 17.4. The molecule has 0 aliphatic carbocycles. The zero-order valence-corrected chi connectivity index (χ0v) is 15.7. The predicted octanol–water partition coefficient (Wildman–Crippen LogP) is 4.56. The summed E-state index contributed by atoms with van der Waals surface area (Å²) < 4.78 is 5.70. The second kappa shape index (κ2) is 7.99. The van der Waals surface area contributed by atoms with Crippen molar-refractivity contribution in [3.63, 3.8) is 0 Å². The smallest absolute Gasteiger partial charge is 0.289 e. The first-order valence-electron chi connectivity index (χ1n) is 9.11. The Balaban J connectivity index is 1.33. The van der Waals surface area contributed by atoms with E-state index in [1.54, 1.807) is 18.2 Å². The van der Waals surface area contributed by atoms with Gasteiger partial charge in [-0.1, -0.05) is 54.1 Å². The third-order valence-electron chi connectivity index (χ3n) is 4.82. The monoisotopic (exact) mass is 380 g/mol. The van der Waals surface area contributed by atoms with E-state index in [2.05, 4.69) is 29.2 Å². The summed E-state index contributed by atoms with van der Waals surface area (Å²) in [5.41, 5.74) is 1.89. The minimum Gasteiger partial charge on any atom is -0.451 e. The van der Waals surface area contributed by atoms with Crippen molar-refractivity contribution in [3.05, 3.63) is 77.0 Å². The first kappa shape index (κ1) is 17.8. The van der Waals surface area contributed by atoms with Crippen LogP contribution in [-0.2, 0) is 0 Å². The van der Waals surface area contributed by atoms with Gasteiger partial charge in [-0.3, -0.25) is 9.69 Å². The molecule has 1 aliphatic heterocycles. The van der Waals surface area contributed by atoms with Crippen molar-refractivity contribution in [1.29, 1.82) is 0 Å². The van der Waals surface area contributed by atoms with Gasteiger partial charge in [0, 0.05) is 43.1 Å². The Morgan fingerprint density at radius 2 is 1.81 bits per heavy atom. The molecule has 1 aliphatic rings. The number of fused-ring (bicyclic) bond motifs is 1. The van der Waals surface area contributed by atoms with Crippen molar-refractivity contribution in [1.82, 2.24) is 9.80 Å². The van der Waals surface area contributed by atoms with Gasteiger partial charge in [-0.2, -0.15) is 0 Å². The molecule has 1 aromatic heterocycles. The van der Waals surface area contributed by atoms with E-state index in [1.807, 2.05) is 29.2 Å². The van der Waals surface area contributed by atoms with Crippen molar-refractivity contribution in [2.45, 2.75) is 0 Å². The number of carbonyl (C=O) groups excluding carboxylic acids is 1. The topological polar surface area (TPSA) is 36.7 Å². The fourth-order valence-corrected chi connectivity index (χ4v) is 3.49. The van der Waals surface area contributed by atoms with Gasteiger partial charge >= 0.3 is 0 Å². The SMILES string of the molecule is O=C(c1cc2cc(Cl)ccc2o1)N1CCN(CC=Cc2ccccc2)CC1. The van der Waals surface area contributed by atoms with E-state index in [1.165, 1.54) is 5.56 Å². The molecule has 1 fully saturated rings. The molecule has 0 bridgehead atoms. The summed E-state index contributed by atoms with van der Waals surface area (Å²) in [5, 5.41) is 1.50. The van der Waals surface area contributed by atoms with Crippen LogP contribution >= 0.6 is 11.6 Å². The van der Waals surface area contributed by atoms with E-state index in [0.29, 0.717) is 29.5 Å². The summed E-state index contributed by atoms with van der Waals surface area (Å²) in [6.07, 6.45) is 4.31. The number of hydrogen-bond acceptors (Lipinski definition) is 3. The van der Waals surface area contributed by atoms with Crippen LogP contribution in [0.5, 0.6) is 0 Å². The summed E-state index contributed by atoms with van der Waals surface area (Å²) in [4.78, 5) is 16.9. The van der Waals surface area contributed by atoms with Gasteiger partial charge < -0.3 is 9.32 Å². The van der Waals surface area contributed by atoms with Gasteiger partial charge in [0.05, 0.1) is 0 Å². The van der Waals surface area contributed by atoms with Gasteiger partial charge in [0.25, 0.3) is 5.91 Å². The molecule has 1 amide bonds. The lowest BCUT2D eigenvalue weighted by Gasteiger charge is -2.33. The fraction of sp³-hybridized carbons (Fsp3) is 0.227. The van der Waals surface area contributed by atoms with Crippen LogP contribution in [-0.4, -0.2) is 48.4 Å². The maximum atomic E-state index is 12.7. The highest BCUT2D eigenvalue weighted by Gasteiger charge is 2.24. The molecule has 5 heteroatoms. The van der Waals surface area contributed by atoms with E-state index in [9.17, 15) is 4.79 Å². The summed E-state index contributed by atoms with van der Waals surface area (Å²) in [6.45, 7) is 4.01. The normalized spacial score (nSPS) is 15.7. The molecule has 0 unspecified atom stereocenters. The molecule has 27 heavy (non-hydrogen) atoms. The van der Waals surface area contributed by atoms with Crippen LogP contribution < -0.4 is 0 Å². The molecular weight excluding hydrogens is 360 g/mol. The molecule has 0 radical (unpaired) electrons. The number of furan rings is 1. The largest absolute Gasteiger partial charge is 0.451 e. The minimum absolute atomic E-state index is 0.0539. The average Bonchev–Trinajstić information content (AvgIpc) is 3.12. The van der Waals surface area contributed by atoms with Crippen LogP contribution in [0.1, 0.15) is 16.1 Å². The minimum atomic E-state index is -0.0539. The van der Waals surface area contributed by atoms with Gasteiger partial charge in [0.15, 0.2) is 5.76 Å². The molecule has 4 rings (SSSR count). The zero-order valence-electron chi connectivity index (χ0n) is 15.0.